The van der Waals surface area contributed by atoms with E-state index in [-0.39, 0.29) is 12.4 Å². The topological polar surface area (TPSA) is 12.0 Å². The maximum atomic E-state index is 6.42. The van der Waals surface area contributed by atoms with Gasteiger partial charge in [0.05, 0.1) is 10.0 Å². The van der Waals surface area contributed by atoms with Gasteiger partial charge in [0.1, 0.15) is 0 Å². The minimum absolute atomic E-state index is 0. The maximum Gasteiger partial charge on any atom is 0.0630 e. The third kappa shape index (κ3) is 3.07. The van der Waals surface area contributed by atoms with Gasteiger partial charge in [0.2, 0.25) is 0 Å². The summed E-state index contributed by atoms with van der Waals surface area (Å²) in [6.07, 6.45) is 2.20. The maximum absolute atomic E-state index is 6.42. The van der Waals surface area contributed by atoms with Crippen LogP contribution >= 0.6 is 35.6 Å². The van der Waals surface area contributed by atoms with Gasteiger partial charge in [-0.15, -0.1) is 12.4 Å². The Kier molecular flexibility index (Phi) is 5.56. The molecule has 0 bridgehead atoms. The lowest BCUT2D eigenvalue weighted by Crippen LogP contribution is -2.24. The summed E-state index contributed by atoms with van der Waals surface area (Å²) in [5.41, 5.74) is 3.88. The summed E-state index contributed by atoms with van der Waals surface area (Å²) in [4.78, 5) is 0. The van der Waals surface area contributed by atoms with E-state index < -0.39 is 0 Å². The van der Waals surface area contributed by atoms with E-state index in [1.54, 1.807) is 0 Å². The monoisotopic (exact) mass is 341 g/mol. The molecule has 3 rings (SSSR count). The highest BCUT2D eigenvalue weighted by Crippen LogP contribution is 2.44. The standard InChI is InChI=1S/C17H17Cl2N.ClH/c1-20-16-10-9-12(11-5-2-3-6-13(11)16)14-7-4-8-15(18)17(14)19;/h2-8,12,16,20H,9-10H2,1H3;1H/t12?,16-;/m0./s1. The van der Waals surface area contributed by atoms with E-state index in [0.717, 1.165) is 18.4 Å². The van der Waals surface area contributed by atoms with E-state index in [4.69, 9.17) is 23.2 Å². The molecule has 0 amide bonds. The molecule has 0 aromatic heterocycles. The van der Waals surface area contributed by atoms with Crippen molar-refractivity contribution in [3.8, 4) is 0 Å². The summed E-state index contributed by atoms with van der Waals surface area (Å²) in [6, 6.07) is 15.0. The lowest BCUT2D eigenvalue weighted by molar-refractivity contribution is 0.471. The molecule has 112 valence electrons. The molecular weight excluding hydrogens is 325 g/mol. The molecule has 0 fully saturated rings. The minimum Gasteiger partial charge on any atom is -0.313 e. The Balaban J connectivity index is 0.00000161. The fraction of sp³-hybridized carbons (Fsp3) is 0.294. The van der Waals surface area contributed by atoms with Gasteiger partial charge in [0.15, 0.2) is 0 Å². The van der Waals surface area contributed by atoms with Crippen molar-refractivity contribution in [3.63, 3.8) is 0 Å². The van der Waals surface area contributed by atoms with Crippen LogP contribution in [0.15, 0.2) is 42.5 Å². The van der Waals surface area contributed by atoms with Crippen molar-refractivity contribution in [2.75, 3.05) is 7.05 Å². The van der Waals surface area contributed by atoms with Crippen LogP contribution < -0.4 is 5.32 Å². The summed E-state index contributed by atoms with van der Waals surface area (Å²) in [7, 11) is 2.02. The predicted molar refractivity (Wildman–Crippen MR) is 93.0 cm³/mol. The lowest BCUT2D eigenvalue weighted by atomic mass is 9.77. The van der Waals surface area contributed by atoms with Crippen molar-refractivity contribution < 1.29 is 0 Å². The number of hydrogen-bond donors (Lipinski definition) is 1. The van der Waals surface area contributed by atoms with Crippen LogP contribution in [-0.2, 0) is 0 Å². The first-order valence-electron chi connectivity index (χ1n) is 6.92. The molecule has 0 saturated carbocycles. The highest BCUT2D eigenvalue weighted by Gasteiger charge is 2.28. The van der Waals surface area contributed by atoms with Gasteiger partial charge in [-0.05, 0) is 42.6 Å². The molecule has 0 aliphatic heterocycles. The number of rotatable bonds is 2. The number of nitrogens with one attached hydrogen (secondary N) is 1. The van der Waals surface area contributed by atoms with Crippen molar-refractivity contribution >= 4 is 35.6 Å². The second-order valence-corrected chi connectivity index (χ2v) is 6.03. The summed E-state index contributed by atoms with van der Waals surface area (Å²) >= 11 is 12.6. The Bertz CT molecular complexity index is 627. The Morgan fingerprint density at radius 2 is 1.57 bits per heavy atom. The van der Waals surface area contributed by atoms with E-state index in [9.17, 15) is 0 Å². The van der Waals surface area contributed by atoms with Crippen molar-refractivity contribution in [1.29, 1.82) is 0 Å². The first-order chi connectivity index (χ1) is 9.72. The van der Waals surface area contributed by atoms with Crippen molar-refractivity contribution in [2.24, 2.45) is 0 Å². The second-order valence-electron chi connectivity index (χ2n) is 5.24. The number of benzene rings is 2. The predicted octanol–water partition coefficient (Wildman–Crippen LogP) is 5.60. The van der Waals surface area contributed by atoms with Gasteiger partial charge in [-0.3, -0.25) is 0 Å². The van der Waals surface area contributed by atoms with E-state index in [0.29, 0.717) is 22.0 Å². The van der Waals surface area contributed by atoms with Crippen LogP contribution in [0.1, 0.15) is 41.5 Å². The van der Waals surface area contributed by atoms with E-state index in [1.165, 1.54) is 11.1 Å². The van der Waals surface area contributed by atoms with Gasteiger partial charge >= 0.3 is 0 Å². The molecule has 1 nitrogen and oxygen atoms in total. The highest BCUT2D eigenvalue weighted by molar-refractivity contribution is 6.42. The molecule has 21 heavy (non-hydrogen) atoms. The summed E-state index contributed by atoms with van der Waals surface area (Å²) < 4.78 is 0. The first-order valence-corrected chi connectivity index (χ1v) is 7.68. The molecule has 4 heteroatoms. The van der Waals surface area contributed by atoms with Gasteiger partial charge in [-0.2, -0.15) is 0 Å². The van der Waals surface area contributed by atoms with Crippen LogP contribution in [-0.4, -0.2) is 7.05 Å². The zero-order valence-corrected chi connectivity index (χ0v) is 14.1. The largest absolute Gasteiger partial charge is 0.313 e. The molecule has 0 heterocycles. The van der Waals surface area contributed by atoms with Gasteiger partial charge in [-0.25, -0.2) is 0 Å². The van der Waals surface area contributed by atoms with Gasteiger partial charge < -0.3 is 5.32 Å². The number of fused-ring (bicyclic) bond motifs is 1. The Morgan fingerprint density at radius 1 is 0.905 bits per heavy atom. The molecular formula is C17H18Cl3N. The van der Waals surface area contributed by atoms with Gasteiger partial charge in [0, 0.05) is 12.0 Å². The van der Waals surface area contributed by atoms with Crippen molar-refractivity contribution in [1.82, 2.24) is 5.32 Å². The van der Waals surface area contributed by atoms with Crippen LogP contribution in [0.3, 0.4) is 0 Å². The summed E-state index contributed by atoms with van der Waals surface area (Å²) in [5.74, 6) is 0.335. The fourth-order valence-electron chi connectivity index (χ4n) is 3.20. The van der Waals surface area contributed by atoms with Crippen LogP contribution in [0.4, 0.5) is 0 Å². The molecule has 2 aromatic carbocycles. The number of hydrogen-bond acceptors (Lipinski definition) is 1. The molecule has 1 unspecified atom stereocenters. The smallest absolute Gasteiger partial charge is 0.0630 e. The van der Waals surface area contributed by atoms with Crippen LogP contribution in [0.5, 0.6) is 0 Å². The second kappa shape index (κ2) is 7.02. The van der Waals surface area contributed by atoms with E-state index in [1.807, 2.05) is 19.2 Å². The molecule has 0 spiro atoms. The quantitative estimate of drug-likeness (QED) is 0.749. The molecule has 1 aliphatic carbocycles. The Hall–Kier alpha value is -0.730. The number of halogens is 3. The van der Waals surface area contributed by atoms with Crippen molar-refractivity contribution in [2.45, 2.75) is 24.8 Å². The Labute approximate surface area is 142 Å². The zero-order chi connectivity index (χ0) is 14.1. The fourth-order valence-corrected chi connectivity index (χ4v) is 3.64. The normalized spacial score (nSPS) is 20.5. The van der Waals surface area contributed by atoms with Crippen molar-refractivity contribution in [3.05, 3.63) is 69.2 Å². The lowest BCUT2D eigenvalue weighted by Gasteiger charge is -2.32. The van der Waals surface area contributed by atoms with Gasteiger partial charge in [0.25, 0.3) is 0 Å². The summed E-state index contributed by atoms with van der Waals surface area (Å²) in [6.45, 7) is 0. The van der Waals surface area contributed by atoms with E-state index >= 15 is 0 Å². The minimum atomic E-state index is 0. The van der Waals surface area contributed by atoms with E-state index in [2.05, 4.69) is 35.6 Å². The van der Waals surface area contributed by atoms with Crippen LogP contribution in [0, 0.1) is 0 Å². The molecule has 1 aliphatic rings. The highest BCUT2D eigenvalue weighted by atomic mass is 35.5. The SMILES string of the molecule is CN[C@H]1CCC(c2cccc(Cl)c2Cl)c2ccccc21.Cl. The third-order valence-corrected chi connectivity index (χ3v) is 5.03. The third-order valence-electron chi connectivity index (χ3n) is 4.20. The molecule has 0 saturated heterocycles. The molecule has 2 aromatic rings. The Morgan fingerprint density at radius 3 is 2.29 bits per heavy atom. The molecule has 0 radical (unpaired) electrons. The average molecular weight is 343 g/mol. The molecule has 1 N–H and O–H groups in total. The molecule has 2 atom stereocenters. The van der Waals surface area contributed by atoms with Gasteiger partial charge in [-0.1, -0.05) is 59.6 Å². The van der Waals surface area contributed by atoms with Crippen LogP contribution in [0.25, 0.3) is 0 Å². The summed E-state index contributed by atoms with van der Waals surface area (Å²) in [5, 5.41) is 4.73. The average Bonchev–Trinajstić information content (AvgIpc) is 2.49. The van der Waals surface area contributed by atoms with Crippen LogP contribution in [0.2, 0.25) is 10.0 Å². The first kappa shape index (κ1) is 16.6. The zero-order valence-electron chi connectivity index (χ0n) is 11.8.